The first-order chi connectivity index (χ1) is 9.70. The first-order valence-electron chi connectivity index (χ1n) is 7.16. The van der Waals surface area contributed by atoms with E-state index in [1.54, 1.807) is 0 Å². The molecule has 106 valence electrons. The second kappa shape index (κ2) is 7.22. The Balaban J connectivity index is 1.92. The van der Waals surface area contributed by atoms with Crippen LogP contribution in [0.3, 0.4) is 0 Å². The molecule has 2 aromatic rings. The molecule has 0 aliphatic heterocycles. The van der Waals surface area contributed by atoms with Crippen molar-refractivity contribution in [2.45, 2.75) is 39.5 Å². The van der Waals surface area contributed by atoms with Gasteiger partial charge in [0.2, 0.25) is 0 Å². The largest absolute Gasteiger partial charge is 0.392 e. The van der Waals surface area contributed by atoms with Crippen molar-refractivity contribution in [3.63, 3.8) is 0 Å². The molecule has 20 heavy (non-hydrogen) atoms. The van der Waals surface area contributed by atoms with Crippen molar-refractivity contribution in [2.24, 2.45) is 0 Å². The summed E-state index contributed by atoms with van der Waals surface area (Å²) in [5.74, 6) is 0. The smallest absolute Gasteiger partial charge is 0.0685 e. The van der Waals surface area contributed by atoms with Gasteiger partial charge in [-0.05, 0) is 42.5 Å². The van der Waals surface area contributed by atoms with Crippen LogP contribution in [0, 0.1) is 6.92 Å². The summed E-state index contributed by atoms with van der Waals surface area (Å²) in [5.41, 5.74) is 4.91. The third-order valence-electron chi connectivity index (χ3n) is 3.72. The van der Waals surface area contributed by atoms with Crippen molar-refractivity contribution in [2.75, 3.05) is 0 Å². The Labute approximate surface area is 121 Å². The minimum absolute atomic E-state index is 0.101. The summed E-state index contributed by atoms with van der Waals surface area (Å²) in [4.78, 5) is 0. The molecule has 0 amide bonds. The zero-order chi connectivity index (χ0) is 14.4. The summed E-state index contributed by atoms with van der Waals surface area (Å²) in [6.07, 6.45) is 1.02. The van der Waals surface area contributed by atoms with Crippen LogP contribution in [-0.2, 0) is 19.6 Å². The Hall–Kier alpha value is -1.64. The Morgan fingerprint density at radius 3 is 2.20 bits per heavy atom. The summed E-state index contributed by atoms with van der Waals surface area (Å²) >= 11 is 0. The lowest BCUT2D eigenvalue weighted by molar-refractivity contribution is 0.280. The molecule has 2 nitrogen and oxygen atoms in total. The highest BCUT2D eigenvalue weighted by molar-refractivity contribution is 5.27. The molecule has 0 bridgehead atoms. The fourth-order valence-corrected chi connectivity index (χ4v) is 2.41. The molecule has 1 unspecified atom stereocenters. The van der Waals surface area contributed by atoms with Crippen molar-refractivity contribution >= 4 is 0 Å². The second-order valence-corrected chi connectivity index (χ2v) is 5.34. The molecule has 0 saturated heterocycles. The van der Waals surface area contributed by atoms with Crippen LogP contribution in [0.4, 0.5) is 0 Å². The van der Waals surface area contributed by atoms with E-state index in [0.717, 1.165) is 18.5 Å². The highest BCUT2D eigenvalue weighted by Crippen LogP contribution is 2.11. The molecular weight excluding hydrogens is 246 g/mol. The van der Waals surface area contributed by atoms with Crippen molar-refractivity contribution in [3.8, 4) is 0 Å². The van der Waals surface area contributed by atoms with Gasteiger partial charge in [0.25, 0.3) is 0 Å². The Kier molecular flexibility index (Phi) is 5.33. The molecule has 0 aromatic heterocycles. The number of rotatable bonds is 6. The minimum atomic E-state index is 0.101. The van der Waals surface area contributed by atoms with E-state index in [-0.39, 0.29) is 6.61 Å². The second-order valence-electron chi connectivity index (χ2n) is 5.34. The van der Waals surface area contributed by atoms with Gasteiger partial charge in [-0.1, -0.05) is 48.5 Å². The maximum Gasteiger partial charge on any atom is 0.0685 e. The number of benzene rings is 2. The molecule has 0 aliphatic carbocycles. The summed E-state index contributed by atoms with van der Waals surface area (Å²) in [7, 11) is 0. The molecule has 0 aliphatic rings. The van der Waals surface area contributed by atoms with E-state index in [0.29, 0.717) is 6.04 Å². The highest BCUT2D eigenvalue weighted by atomic mass is 16.3. The molecule has 1 atom stereocenters. The number of aryl methyl sites for hydroxylation is 1. The summed E-state index contributed by atoms with van der Waals surface area (Å²) in [5, 5.41) is 12.9. The van der Waals surface area contributed by atoms with Crippen LogP contribution in [0.25, 0.3) is 0 Å². The molecule has 0 fully saturated rings. The lowest BCUT2D eigenvalue weighted by Gasteiger charge is -2.16. The number of aliphatic hydroxyl groups is 1. The van der Waals surface area contributed by atoms with Crippen LogP contribution < -0.4 is 5.32 Å². The average Bonchev–Trinajstić information content (AvgIpc) is 2.48. The van der Waals surface area contributed by atoms with E-state index in [1.165, 1.54) is 16.7 Å². The molecule has 0 radical (unpaired) electrons. The zero-order valence-electron chi connectivity index (χ0n) is 12.3. The molecule has 0 saturated carbocycles. The predicted molar refractivity (Wildman–Crippen MR) is 83.5 cm³/mol. The molecule has 2 aromatic carbocycles. The number of nitrogens with one attached hydrogen (secondary N) is 1. The van der Waals surface area contributed by atoms with Crippen LogP contribution in [0.1, 0.15) is 29.2 Å². The Morgan fingerprint density at radius 2 is 1.55 bits per heavy atom. The van der Waals surface area contributed by atoms with Crippen LogP contribution in [0.5, 0.6) is 0 Å². The standard InChI is InChI=1S/C18H23NO/c1-14-7-3-4-8-16(14)11-15(2)19-12-17-9-5-6-10-18(17)13-20/h3-10,15,19-20H,11-13H2,1-2H3. The molecule has 0 heterocycles. The fraction of sp³-hybridized carbons (Fsp3) is 0.333. The SMILES string of the molecule is Cc1ccccc1CC(C)NCc1ccccc1CO. The van der Waals surface area contributed by atoms with Gasteiger partial charge in [-0.2, -0.15) is 0 Å². The van der Waals surface area contributed by atoms with Gasteiger partial charge in [0.05, 0.1) is 6.61 Å². The quantitative estimate of drug-likeness (QED) is 0.844. The van der Waals surface area contributed by atoms with E-state index in [4.69, 9.17) is 0 Å². The highest BCUT2D eigenvalue weighted by Gasteiger charge is 2.06. The number of aliphatic hydroxyl groups excluding tert-OH is 1. The van der Waals surface area contributed by atoms with E-state index < -0.39 is 0 Å². The van der Waals surface area contributed by atoms with Crippen LogP contribution in [-0.4, -0.2) is 11.1 Å². The average molecular weight is 269 g/mol. The Bertz CT molecular complexity index is 551. The molecule has 0 spiro atoms. The molecule has 2 N–H and O–H groups in total. The van der Waals surface area contributed by atoms with Crippen molar-refractivity contribution < 1.29 is 5.11 Å². The van der Waals surface area contributed by atoms with Gasteiger partial charge in [-0.3, -0.25) is 0 Å². The van der Waals surface area contributed by atoms with Crippen molar-refractivity contribution in [1.82, 2.24) is 5.32 Å². The summed E-state index contributed by atoms with van der Waals surface area (Å²) in [6, 6.07) is 16.9. The maximum atomic E-state index is 9.33. The monoisotopic (exact) mass is 269 g/mol. The topological polar surface area (TPSA) is 32.3 Å². The fourth-order valence-electron chi connectivity index (χ4n) is 2.41. The third-order valence-corrected chi connectivity index (χ3v) is 3.72. The van der Waals surface area contributed by atoms with Crippen LogP contribution in [0.2, 0.25) is 0 Å². The van der Waals surface area contributed by atoms with E-state index >= 15 is 0 Å². The third kappa shape index (κ3) is 3.92. The van der Waals surface area contributed by atoms with Gasteiger partial charge in [0.1, 0.15) is 0 Å². The van der Waals surface area contributed by atoms with Gasteiger partial charge >= 0.3 is 0 Å². The van der Waals surface area contributed by atoms with Gasteiger partial charge in [0.15, 0.2) is 0 Å². The van der Waals surface area contributed by atoms with Gasteiger partial charge in [-0.15, -0.1) is 0 Å². The summed E-state index contributed by atoms with van der Waals surface area (Å²) < 4.78 is 0. The maximum absolute atomic E-state index is 9.33. The van der Waals surface area contributed by atoms with E-state index in [9.17, 15) is 5.11 Å². The van der Waals surface area contributed by atoms with Gasteiger partial charge < -0.3 is 10.4 Å². The zero-order valence-corrected chi connectivity index (χ0v) is 12.3. The first-order valence-corrected chi connectivity index (χ1v) is 7.16. The molecule has 2 heteroatoms. The number of hydrogen-bond acceptors (Lipinski definition) is 2. The van der Waals surface area contributed by atoms with Crippen molar-refractivity contribution in [3.05, 3.63) is 70.8 Å². The number of hydrogen-bond donors (Lipinski definition) is 2. The van der Waals surface area contributed by atoms with E-state index in [1.807, 2.05) is 18.2 Å². The predicted octanol–water partition coefficient (Wildman–Crippen LogP) is 3.21. The first kappa shape index (κ1) is 14.8. The van der Waals surface area contributed by atoms with Crippen LogP contribution in [0.15, 0.2) is 48.5 Å². The lowest BCUT2D eigenvalue weighted by atomic mass is 10.0. The minimum Gasteiger partial charge on any atom is -0.392 e. The summed E-state index contributed by atoms with van der Waals surface area (Å²) in [6.45, 7) is 5.25. The van der Waals surface area contributed by atoms with Gasteiger partial charge in [0, 0.05) is 12.6 Å². The normalized spacial score (nSPS) is 12.3. The lowest BCUT2D eigenvalue weighted by Crippen LogP contribution is -2.28. The van der Waals surface area contributed by atoms with E-state index in [2.05, 4.69) is 49.5 Å². The van der Waals surface area contributed by atoms with Crippen LogP contribution >= 0.6 is 0 Å². The molecule has 2 rings (SSSR count). The van der Waals surface area contributed by atoms with Crippen molar-refractivity contribution in [1.29, 1.82) is 0 Å². The molecular formula is C18H23NO. The Morgan fingerprint density at radius 1 is 0.950 bits per heavy atom. The van der Waals surface area contributed by atoms with Gasteiger partial charge in [-0.25, -0.2) is 0 Å².